The lowest BCUT2D eigenvalue weighted by atomic mass is 10.1. The van der Waals surface area contributed by atoms with Crippen LogP contribution in [-0.2, 0) is 20.8 Å². The third-order valence-electron chi connectivity index (χ3n) is 6.87. The minimum absolute atomic E-state index is 0.0312. The average Bonchev–Trinajstić information content (AvgIpc) is 3.60. The molecule has 2 aromatic carbocycles. The molecule has 0 aliphatic heterocycles. The van der Waals surface area contributed by atoms with E-state index in [1.807, 2.05) is 19.9 Å². The molecule has 0 aliphatic rings. The molecular weight excluding hydrogens is 649 g/mol. The first-order chi connectivity index (χ1) is 22.4. The molecule has 2 amide bonds. The Kier molecular flexibility index (Phi) is 11.4. The van der Waals surface area contributed by atoms with E-state index in [0.29, 0.717) is 22.6 Å². The van der Waals surface area contributed by atoms with Gasteiger partial charge in [-0.3, -0.25) is 24.3 Å². The molecule has 0 radical (unpaired) electrons. The Morgan fingerprint density at radius 2 is 1.64 bits per heavy atom. The van der Waals surface area contributed by atoms with Gasteiger partial charge in [-0.15, -0.1) is 21.5 Å². The Labute approximate surface area is 278 Å². The zero-order valence-electron chi connectivity index (χ0n) is 26.2. The van der Waals surface area contributed by atoms with Crippen molar-refractivity contribution in [3.63, 3.8) is 0 Å². The number of nitrogens with zero attached hydrogens (tertiary/aromatic N) is 4. The van der Waals surface area contributed by atoms with Crippen LogP contribution in [0.15, 0.2) is 47.6 Å². The number of thiophene rings is 1. The molecule has 0 atom stereocenters. The summed E-state index contributed by atoms with van der Waals surface area (Å²) in [5, 5.41) is 25.6. The molecule has 0 aliphatic carbocycles. The molecule has 4 aromatic rings. The van der Waals surface area contributed by atoms with Gasteiger partial charge in [0.1, 0.15) is 9.88 Å². The van der Waals surface area contributed by atoms with E-state index in [-0.39, 0.29) is 57.7 Å². The van der Waals surface area contributed by atoms with Crippen LogP contribution in [-0.4, -0.2) is 62.4 Å². The summed E-state index contributed by atoms with van der Waals surface area (Å²) in [6, 6.07) is 11.0. The summed E-state index contributed by atoms with van der Waals surface area (Å²) in [5.41, 5.74) is 3.23. The van der Waals surface area contributed by atoms with E-state index in [1.165, 1.54) is 24.3 Å². The summed E-state index contributed by atoms with van der Waals surface area (Å²) in [6.45, 7) is 8.94. The molecule has 0 unspecified atom stereocenters. The SMILES string of the molecule is CCOC(=O)c1sc(NC(=O)CSc2nnc(CNC(=O)c3ccc(C)c(C)c3)n2-c2ccc([N+](=O)[O-])cc2)c(C(=O)OCC)c1C. The fourth-order valence-corrected chi connectivity index (χ4v) is 6.25. The number of carbonyl (C=O) groups excluding carboxylic acids is 4. The van der Waals surface area contributed by atoms with Crippen LogP contribution in [0.5, 0.6) is 0 Å². The second-order valence-corrected chi connectivity index (χ2v) is 12.0. The standard InChI is InChI=1S/C31H32N6O8S2/c1-6-44-29(40)25-19(5)26(30(41)45-7-2)47-28(25)33-24(38)16-46-31-35-34-23(36(31)21-10-12-22(13-11-21)37(42)43)15-32-27(39)20-9-8-17(3)18(4)14-20/h8-14H,6-7,15-16H2,1-5H3,(H,32,39)(H,33,38). The first-order valence-corrected chi connectivity index (χ1v) is 16.2. The minimum atomic E-state index is -0.690. The summed E-state index contributed by atoms with van der Waals surface area (Å²) in [6.07, 6.45) is 0. The monoisotopic (exact) mass is 680 g/mol. The van der Waals surface area contributed by atoms with E-state index in [0.717, 1.165) is 34.2 Å². The van der Waals surface area contributed by atoms with Crippen molar-refractivity contribution in [1.29, 1.82) is 0 Å². The van der Waals surface area contributed by atoms with Gasteiger partial charge in [0.2, 0.25) is 5.91 Å². The highest BCUT2D eigenvalue weighted by atomic mass is 32.2. The smallest absolute Gasteiger partial charge is 0.348 e. The van der Waals surface area contributed by atoms with Crippen molar-refractivity contribution < 1.29 is 33.6 Å². The normalized spacial score (nSPS) is 10.7. The summed E-state index contributed by atoms with van der Waals surface area (Å²) in [7, 11) is 0. The van der Waals surface area contributed by atoms with Gasteiger partial charge in [-0.1, -0.05) is 17.8 Å². The Hall–Kier alpha value is -5.09. The second-order valence-electron chi connectivity index (χ2n) is 10.0. The number of hydrogen-bond acceptors (Lipinski definition) is 12. The summed E-state index contributed by atoms with van der Waals surface area (Å²) in [4.78, 5) is 62.1. The van der Waals surface area contributed by atoms with Gasteiger partial charge in [0.25, 0.3) is 11.6 Å². The van der Waals surface area contributed by atoms with Crippen LogP contribution in [0.25, 0.3) is 5.69 Å². The predicted octanol–water partition coefficient (Wildman–Crippen LogP) is 5.18. The van der Waals surface area contributed by atoms with Crippen molar-refractivity contribution in [2.45, 2.75) is 46.3 Å². The third-order valence-corrected chi connectivity index (χ3v) is 8.98. The zero-order chi connectivity index (χ0) is 34.2. The number of nitro benzene ring substituents is 1. The van der Waals surface area contributed by atoms with Gasteiger partial charge in [-0.2, -0.15) is 0 Å². The van der Waals surface area contributed by atoms with Gasteiger partial charge in [0, 0.05) is 23.4 Å². The largest absolute Gasteiger partial charge is 0.462 e. The van der Waals surface area contributed by atoms with Gasteiger partial charge in [0.15, 0.2) is 11.0 Å². The van der Waals surface area contributed by atoms with E-state index in [1.54, 1.807) is 37.5 Å². The lowest BCUT2D eigenvalue weighted by Gasteiger charge is -2.12. The van der Waals surface area contributed by atoms with Crippen LogP contribution in [0.3, 0.4) is 0 Å². The van der Waals surface area contributed by atoms with Crippen molar-refractivity contribution in [2.24, 2.45) is 0 Å². The van der Waals surface area contributed by atoms with Gasteiger partial charge in [0.05, 0.1) is 36.0 Å². The number of aromatic nitrogens is 3. The van der Waals surface area contributed by atoms with E-state index in [4.69, 9.17) is 9.47 Å². The first kappa shape index (κ1) is 34.8. The topological polar surface area (TPSA) is 185 Å². The fraction of sp³-hybridized carbons (Fsp3) is 0.290. The maximum Gasteiger partial charge on any atom is 0.348 e. The molecule has 47 heavy (non-hydrogen) atoms. The molecule has 246 valence electrons. The first-order valence-electron chi connectivity index (χ1n) is 14.4. The number of nitrogens with one attached hydrogen (secondary N) is 2. The molecule has 0 spiro atoms. The maximum atomic E-state index is 13.1. The highest BCUT2D eigenvalue weighted by molar-refractivity contribution is 7.99. The molecule has 0 fully saturated rings. The number of thioether (sulfide) groups is 1. The Balaban J connectivity index is 1.57. The number of nitro groups is 1. The van der Waals surface area contributed by atoms with Crippen LogP contribution in [0.4, 0.5) is 10.7 Å². The number of amides is 2. The summed E-state index contributed by atoms with van der Waals surface area (Å²) >= 11 is 1.92. The minimum Gasteiger partial charge on any atom is -0.462 e. The average molecular weight is 681 g/mol. The molecule has 4 rings (SSSR count). The molecule has 14 nitrogen and oxygen atoms in total. The van der Waals surface area contributed by atoms with Gasteiger partial charge in [-0.25, -0.2) is 9.59 Å². The van der Waals surface area contributed by atoms with Crippen molar-refractivity contribution in [1.82, 2.24) is 20.1 Å². The van der Waals surface area contributed by atoms with Crippen LogP contribution in [0.2, 0.25) is 0 Å². The van der Waals surface area contributed by atoms with E-state index >= 15 is 0 Å². The summed E-state index contributed by atoms with van der Waals surface area (Å²) in [5.74, 6) is -2.02. The van der Waals surface area contributed by atoms with Crippen LogP contribution >= 0.6 is 23.1 Å². The van der Waals surface area contributed by atoms with E-state index < -0.39 is 22.8 Å². The Bertz CT molecular complexity index is 1830. The molecule has 2 aromatic heterocycles. The van der Waals surface area contributed by atoms with Crippen LogP contribution in [0.1, 0.15) is 66.7 Å². The predicted molar refractivity (Wildman–Crippen MR) is 175 cm³/mol. The molecule has 2 heterocycles. The molecular formula is C31H32N6O8S2. The van der Waals surface area contributed by atoms with Gasteiger partial charge >= 0.3 is 11.9 Å². The number of carbonyl (C=O) groups is 4. The molecule has 16 heteroatoms. The second kappa shape index (κ2) is 15.5. The number of rotatable bonds is 13. The van der Waals surface area contributed by atoms with Gasteiger partial charge in [-0.05, 0) is 75.6 Å². The Morgan fingerprint density at radius 3 is 2.28 bits per heavy atom. The lowest BCUT2D eigenvalue weighted by Crippen LogP contribution is -2.24. The number of ether oxygens (including phenoxy) is 2. The number of esters is 2. The third kappa shape index (κ3) is 8.20. The number of non-ortho nitro benzene ring substituents is 1. The quantitative estimate of drug-likeness (QED) is 0.0821. The van der Waals surface area contributed by atoms with Gasteiger partial charge < -0.3 is 20.1 Å². The van der Waals surface area contributed by atoms with Crippen molar-refractivity contribution in [3.05, 3.63) is 91.1 Å². The molecule has 2 N–H and O–H groups in total. The van der Waals surface area contributed by atoms with E-state index in [2.05, 4.69) is 20.8 Å². The highest BCUT2D eigenvalue weighted by Gasteiger charge is 2.28. The number of aryl methyl sites for hydroxylation is 2. The number of anilines is 1. The van der Waals surface area contributed by atoms with Crippen molar-refractivity contribution in [2.75, 3.05) is 24.3 Å². The molecule has 0 bridgehead atoms. The molecule has 0 saturated heterocycles. The number of benzene rings is 2. The van der Waals surface area contributed by atoms with Crippen molar-refractivity contribution >= 4 is 57.5 Å². The van der Waals surface area contributed by atoms with Crippen LogP contribution < -0.4 is 10.6 Å². The van der Waals surface area contributed by atoms with E-state index in [9.17, 15) is 29.3 Å². The van der Waals surface area contributed by atoms with Crippen LogP contribution in [0, 0.1) is 30.9 Å². The lowest BCUT2D eigenvalue weighted by molar-refractivity contribution is -0.384. The van der Waals surface area contributed by atoms with Crippen molar-refractivity contribution in [3.8, 4) is 5.69 Å². The molecule has 0 saturated carbocycles. The Morgan fingerprint density at radius 1 is 0.957 bits per heavy atom. The zero-order valence-corrected chi connectivity index (χ0v) is 27.9. The number of hydrogen-bond donors (Lipinski definition) is 2. The highest BCUT2D eigenvalue weighted by Crippen LogP contribution is 2.35. The summed E-state index contributed by atoms with van der Waals surface area (Å²) < 4.78 is 11.8. The fourth-order valence-electron chi connectivity index (χ4n) is 4.37. The maximum absolute atomic E-state index is 13.1.